The van der Waals surface area contributed by atoms with Crippen LogP contribution in [-0.2, 0) is 9.68 Å². The van der Waals surface area contributed by atoms with Gasteiger partial charge < -0.3 is 5.11 Å². The summed E-state index contributed by atoms with van der Waals surface area (Å²) in [5, 5.41) is 17.3. The molecule has 0 aromatic carbocycles. The Labute approximate surface area is 146 Å². The Hall–Kier alpha value is -1.65. The fourth-order valence-electron chi connectivity index (χ4n) is 2.25. The SMILES string of the molecule is CCCCCCCCC[C@H](CC=CC=CC=CC=CC(=O)O)OO. The van der Waals surface area contributed by atoms with Crippen molar-refractivity contribution in [1.29, 1.82) is 0 Å². The van der Waals surface area contributed by atoms with E-state index in [2.05, 4.69) is 11.8 Å². The largest absolute Gasteiger partial charge is 0.478 e. The summed E-state index contributed by atoms with van der Waals surface area (Å²) in [6.07, 6.45) is 23.6. The quantitative estimate of drug-likeness (QED) is 0.133. The number of hydrogen-bond donors (Lipinski definition) is 2. The minimum absolute atomic E-state index is 0.140. The summed E-state index contributed by atoms with van der Waals surface area (Å²) in [4.78, 5) is 14.8. The zero-order chi connectivity index (χ0) is 17.9. The van der Waals surface area contributed by atoms with E-state index >= 15 is 0 Å². The van der Waals surface area contributed by atoms with Crippen molar-refractivity contribution in [3.8, 4) is 0 Å². The van der Waals surface area contributed by atoms with Crippen LogP contribution in [0.4, 0.5) is 0 Å². The van der Waals surface area contributed by atoms with Crippen molar-refractivity contribution >= 4 is 5.97 Å². The Kier molecular flexibility index (Phi) is 16.5. The molecule has 136 valence electrons. The van der Waals surface area contributed by atoms with E-state index in [0.717, 1.165) is 18.9 Å². The van der Waals surface area contributed by atoms with E-state index in [0.29, 0.717) is 6.42 Å². The second-order valence-electron chi connectivity index (χ2n) is 5.77. The Balaban J connectivity index is 3.74. The number of allylic oxidation sites excluding steroid dienone is 6. The molecule has 0 fully saturated rings. The number of carbonyl (C=O) groups is 1. The molecule has 0 saturated heterocycles. The zero-order valence-electron chi connectivity index (χ0n) is 14.8. The lowest BCUT2D eigenvalue weighted by Crippen LogP contribution is -2.09. The van der Waals surface area contributed by atoms with Crippen LogP contribution in [-0.4, -0.2) is 22.4 Å². The molecule has 4 heteroatoms. The van der Waals surface area contributed by atoms with Crippen molar-refractivity contribution < 1.29 is 20.0 Å². The van der Waals surface area contributed by atoms with Crippen molar-refractivity contribution in [3.05, 3.63) is 48.6 Å². The molecule has 1 atom stereocenters. The molecule has 0 amide bonds. The second kappa shape index (κ2) is 17.7. The smallest absolute Gasteiger partial charge is 0.328 e. The monoisotopic (exact) mass is 336 g/mol. The normalized spacial score (nSPS) is 13.8. The second-order valence-corrected chi connectivity index (χ2v) is 5.77. The minimum Gasteiger partial charge on any atom is -0.478 e. The topological polar surface area (TPSA) is 66.8 Å². The number of carboxylic acid groups (broad SMARTS) is 1. The molecule has 2 N–H and O–H groups in total. The molecule has 0 unspecified atom stereocenters. The summed E-state index contributed by atoms with van der Waals surface area (Å²) in [5.41, 5.74) is 0. The van der Waals surface area contributed by atoms with Gasteiger partial charge in [-0.15, -0.1) is 0 Å². The van der Waals surface area contributed by atoms with Crippen LogP contribution in [0.1, 0.15) is 64.7 Å². The Morgan fingerprint density at radius 2 is 1.50 bits per heavy atom. The first kappa shape index (κ1) is 22.4. The van der Waals surface area contributed by atoms with Crippen molar-refractivity contribution in [2.24, 2.45) is 0 Å². The number of unbranched alkanes of at least 4 members (excludes halogenated alkanes) is 6. The first-order valence-corrected chi connectivity index (χ1v) is 8.90. The zero-order valence-corrected chi connectivity index (χ0v) is 14.8. The molecular formula is C20H32O4. The van der Waals surface area contributed by atoms with Crippen LogP contribution in [0.5, 0.6) is 0 Å². The van der Waals surface area contributed by atoms with Crippen molar-refractivity contribution in [2.75, 3.05) is 0 Å². The van der Waals surface area contributed by atoms with E-state index in [-0.39, 0.29) is 6.10 Å². The molecule has 0 aromatic rings. The van der Waals surface area contributed by atoms with Gasteiger partial charge in [0, 0.05) is 6.08 Å². The maximum absolute atomic E-state index is 10.2. The van der Waals surface area contributed by atoms with Gasteiger partial charge in [0.1, 0.15) is 0 Å². The highest BCUT2D eigenvalue weighted by Crippen LogP contribution is 2.13. The fraction of sp³-hybridized carbons (Fsp3) is 0.550. The molecule has 0 aliphatic heterocycles. The third kappa shape index (κ3) is 16.7. The number of carboxylic acids is 1. The summed E-state index contributed by atoms with van der Waals surface area (Å²) in [6, 6.07) is 0. The Morgan fingerprint density at radius 1 is 0.917 bits per heavy atom. The lowest BCUT2D eigenvalue weighted by molar-refractivity contribution is -0.279. The fourth-order valence-corrected chi connectivity index (χ4v) is 2.25. The molecule has 4 nitrogen and oxygen atoms in total. The van der Waals surface area contributed by atoms with Gasteiger partial charge in [0.25, 0.3) is 0 Å². The number of rotatable bonds is 15. The van der Waals surface area contributed by atoms with Gasteiger partial charge in [0.15, 0.2) is 0 Å². The van der Waals surface area contributed by atoms with Crippen LogP contribution >= 0.6 is 0 Å². The van der Waals surface area contributed by atoms with Crippen molar-refractivity contribution in [1.82, 2.24) is 0 Å². The van der Waals surface area contributed by atoms with Gasteiger partial charge in [-0.2, -0.15) is 0 Å². The van der Waals surface area contributed by atoms with Gasteiger partial charge >= 0.3 is 5.97 Å². The van der Waals surface area contributed by atoms with Gasteiger partial charge in [-0.05, 0) is 12.8 Å². The maximum Gasteiger partial charge on any atom is 0.328 e. The lowest BCUT2D eigenvalue weighted by Gasteiger charge is -2.10. The molecule has 0 bridgehead atoms. The van der Waals surface area contributed by atoms with E-state index < -0.39 is 5.97 Å². The van der Waals surface area contributed by atoms with Crippen LogP contribution in [0.2, 0.25) is 0 Å². The number of hydrogen-bond acceptors (Lipinski definition) is 3. The molecular weight excluding hydrogens is 304 g/mol. The van der Waals surface area contributed by atoms with Crippen LogP contribution in [0.3, 0.4) is 0 Å². The molecule has 0 rings (SSSR count). The summed E-state index contributed by atoms with van der Waals surface area (Å²) >= 11 is 0. The predicted molar refractivity (Wildman–Crippen MR) is 98.9 cm³/mol. The Bertz CT molecular complexity index is 408. The third-order valence-electron chi connectivity index (χ3n) is 3.61. The third-order valence-corrected chi connectivity index (χ3v) is 3.61. The highest BCUT2D eigenvalue weighted by atomic mass is 17.1. The van der Waals surface area contributed by atoms with Gasteiger partial charge in [0.05, 0.1) is 6.10 Å². The average molecular weight is 336 g/mol. The maximum atomic E-state index is 10.2. The van der Waals surface area contributed by atoms with Crippen LogP contribution < -0.4 is 0 Å². The molecule has 0 heterocycles. The molecule has 0 radical (unpaired) electrons. The van der Waals surface area contributed by atoms with Gasteiger partial charge in [0.2, 0.25) is 0 Å². The highest BCUT2D eigenvalue weighted by Gasteiger charge is 2.06. The van der Waals surface area contributed by atoms with E-state index in [1.165, 1.54) is 44.6 Å². The molecule has 0 saturated carbocycles. The lowest BCUT2D eigenvalue weighted by atomic mass is 10.0. The summed E-state index contributed by atoms with van der Waals surface area (Å²) in [5.74, 6) is -0.959. The van der Waals surface area contributed by atoms with E-state index in [4.69, 9.17) is 10.4 Å². The number of aliphatic carboxylic acids is 1. The van der Waals surface area contributed by atoms with Crippen molar-refractivity contribution in [2.45, 2.75) is 70.8 Å². The van der Waals surface area contributed by atoms with E-state index in [1.54, 1.807) is 12.2 Å². The predicted octanol–water partition coefficient (Wildman–Crippen LogP) is 5.68. The molecule has 0 aromatic heterocycles. The minimum atomic E-state index is -0.959. The Morgan fingerprint density at radius 3 is 2.12 bits per heavy atom. The summed E-state index contributed by atoms with van der Waals surface area (Å²) in [7, 11) is 0. The first-order chi connectivity index (χ1) is 11.7. The average Bonchev–Trinajstić information content (AvgIpc) is 2.57. The highest BCUT2D eigenvalue weighted by molar-refractivity contribution is 5.80. The van der Waals surface area contributed by atoms with Gasteiger partial charge in [-0.1, -0.05) is 94.4 Å². The first-order valence-electron chi connectivity index (χ1n) is 8.90. The van der Waals surface area contributed by atoms with E-state index in [1.807, 2.05) is 24.3 Å². The van der Waals surface area contributed by atoms with Crippen LogP contribution in [0.25, 0.3) is 0 Å². The standard InChI is InChI=1S/C20H32O4/c1-2-3-4-5-7-10-13-16-19(24-23)17-14-11-8-6-9-12-15-18-20(21)22/h6,8-9,11-12,14-15,18-19,23H,2-5,7,10,13,16-17H2,1H3,(H,21,22)/t19-/m1/s1. The van der Waals surface area contributed by atoms with Crippen LogP contribution in [0, 0.1) is 0 Å². The van der Waals surface area contributed by atoms with Crippen molar-refractivity contribution in [3.63, 3.8) is 0 Å². The molecule has 0 spiro atoms. The molecule has 0 aliphatic rings. The van der Waals surface area contributed by atoms with Gasteiger partial charge in [-0.3, -0.25) is 5.26 Å². The molecule has 24 heavy (non-hydrogen) atoms. The van der Waals surface area contributed by atoms with Crippen LogP contribution in [0.15, 0.2) is 48.6 Å². The van der Waals surface area contributed by atoms with E-state index in [9.17, 15) is 4.79 Å². The summed E-state index contributed by atoms with van der Waals surface area (Å²) < 4.78 is 0. The summed E-state index contributed by atoms with van der Waals surface area (Å²) in [6.45, 7) is 2.22. The van der Waals surface area contributed by atoms with Gasteiger partial charge in [-0.25, -0.2) is 9.68 Å². The molecule has 0 aliphatic carbocycles.